The second-order valence-corrected chi connectivity index (χ2v) is 5.47. The molecule has 23 heavy (non-hydrogen) atoms. The summed E-state index contributed by atoms with van der Waals surface area (Å²) >= 11 is 0. The molecule has 0 aromatic carbocycles. The van der Waals surface area contributed by atoms with E-state index >= 15 is 0 Å². The van der Waals surface area contributed by atoms with E-state index in [2.05, 4.69) is 10.4 Å². The third-order valence-corrected chi connectivity index (χ3v) is 3.53. The molecule has 3 N–H and O–H groups in total. The number of carbonyl (C=O) groups is 1. The summed E-state index contributed by atoms with van der Waals surface area (Å²) in [5.74, 6) is 0.963. The zero-order chi connectivity index (χ0) is 17.0. The van der Waals surface area contributed by atoms with E-state index in [9.17, 15) is 9.59 Å². The molecule has 2 heterocycles. The highest BCUT2D eigenvalue weighted by atomic mass is 16.3. The van der Waals surface area contributed by atoms with Gasteiger partial charge in [0.1, 0.15) is 23.2 Å². The molecule has 0 fully saturated rings. The van der Waals surface area contributed by atoms with Gasteiger partial charge in [-0.2, -0.15) is 5.10 Å². The van der Waals surface area contributed by atoms with Crippen LogP contribution in [0.25, 0.3) is 11.5 Å². The van der Waals surface area contributed by atoms with Crippen molar-refractivity contribution in [2.75, 3.05) is 12.3 Å². The van der Waals surface area contributed by atoms with Crippen molar-refractivity contribution in [3.63, 3.8) is 0 Å². The number of furan rings is 1. The van der Waals surface area contributed by atoms with Crippen LogP contribution >= 0.6 is 0 Å². The number of rotatable bonds is 6. The maximum Gasteiger partial charge on any atom is 0.290 e. The first kappa shape index (κ1) is 16.8. The molecule has 2 aromatic heterocycles. The molecule has 0 aliphatic rings. The predicted molar refractivity (Wildman–Crippen MR) is 88.0 cm³/mol. The van der Waals surface area contributed by atoms with Crippen molar-refractivity contribution in [1.82, 2.24) is 15.1 Å². The second-order valence-electron chi connectivity index (χ2n) is 5.47. The summed E-state index contributed by atoms with van der Waals surface area (Å²) in [5.41, 5.74) is 5.73. The van der Waals surface area contributed by atoms with Gasteiger partial charge in [-0.05, 0) is 38.5 Å². The number of nitrogens with two attached hydrogens (primary N) is 1. The van der Waals surface area contributed by atoms with Crippen LogP contribution in [0.4, 0.5) is 5.69 Å². The number of hydrogen-bond acceptors (Lipinski definition) is 5. The predicted octanol–water partition coefficient (Wildman–Crippen LogP) is 1.87. The molecule has 2 aromatic rings. The van der Waals surface area contributed by atoms with Gasteiger partial charge in [0.05, 0.1) is 0 Å². The molecule has 0 aliphatic carbocycles. The Morgan fingerprint density at radius 3 is 2.83 bits per heavy atom. The van der Waals surface area contributed by atoms with Gasteiger partial charge in [0.25, 0.3) is 5.56 Å². The van der Waals surface area contributed by atoms with Crippen molar-refractivity contribution in [1.29, 1.82) is 0 Å². The molecular formula is C16H22N4O3. The van der Waals surface area contributed by atoms with Gasteiger partial charge in [-0.3, -0.25) is 9.59 Å². The minimum atomic E-state index is -0.752. The van der Waals surface area contributed by atoms with Gasteiger partial charge in [-0.1, -0.05) is 13.3 Å². The second kappa shape index (κ2) is 7.13. The molecule has 0 saturated heterocycles. The van der Waals surface area contributed by atoms with E-state index in [1.165, 1.54) is 6.07 Å². The highest BCUT2D eigenvalue weighted by Crippen LogP contribution is 2.20. The van der Waals surface area contributed by atoms with E-state index < -0.39 is 11.6 Å². The lowest BCUT2D eigenvalue weighted by Crippen LogP contribution is -2.38. The van der Waals surface area contributed by atoms with Crippen LogP contribution in [-0.2, 0) is 4.79 Å². The van der Waals surface area contributed by atoms with Crippen LogP contribution in [-0.4, -0.2) is 22.2 Å². The highest BCUT2D eigenvalue weighted by Gasteiger charge is 2.20. The lowest BCUT2D eigenvalue weighted by atomic mass is 10.2. The molecular weight excluding hydrogens is 296 g/mol. The Bertz CT molecular complexity index is 748. The van der Waals surface area contributed by atoms with E-state index in [1.807, 2.05) is 13.8 Å². The standard InChI is InChI=1S/C16H22N4O3/c1-4-5-8-18-15(21)11(3)20-16(22)12(17)9-13(19-20)14-7-6-10(2)23-14/h6-7,9,11H,4-5,8,17H2,1-3H3,(H,18,21). The monoisotopic (exact) mass is 318 g/mol. The number of nitrogen functional groups attached to an aromatic ring is 1. The van der Waals surface area contributed by atoms with E-state index in [1.54, 1.807) is 19.1 Å². The summed E-state index contributed by atoms with van der Waals surface area (Å²) in [4.78, 5) is 24.4. The summed E-state index contributed by atoms with van der Waals surface area (Å²) in [6.07, 6.45) is 1.86. The zero-order valence-electron chi connectivity index (χ0n) is 13.6. The first-order valence-electron chi connectivity index (χ1n) is 7.68. The summed E-state index contributed by atoms with van der Waals surface area (Å²) in [6, 6.07) is 4.25. The van der Waals surface area contributed by atoms with Crippen molar-refractivity contribution in [3.05, 3.63) is 34.3 Å². The lowest BCUT2D eigenvalue weighted by molar-refractivity contribution is -0.124. The molecule has 0 radical (unpaired) electrons. The van der Waals surface area contributed by atoms with Crippen LogP contribution < -0.4 is 16.6 Å². The molecule has 1 amide bonds. The Hall–Kier alpha value is -2.57. The molecule has 0 saturated carbocycles. The minimum Gasteiger partial charge on any atom is -0.460 e. The van der Waals surface area contributed by atoms with Crippen LogP contribution in [0, 0.1) is 6.92 Å². The number of aromatic nitrogens is 2. The number of hydrogen-bond donors (Lipinski definition) is 2. The van der Waals surface area contributed by atoms with Gasteiger partial charge in [0.15, 0.2) is 5.76 Å². The summed E-state index contributed by atoms with van der Waals surface area (Å²) < 4.78 is 6.61. The van der Waals surface area contributed by atoms with Crippen LogP contribution in [0.2, 0.25) is 0 Å². The fourth-order valence-electron chi connectivity index (χ4n) is 2.13. The lowest BCUT2D eigenvalue weighted by Gasteiger charge is -2.15. The number of nitrogens with one attached hydrogen (secondary N) is 1. The van der Waals surface area contributed by atoms with Crippen molar-refractivity contribution < 1.29 is 9.21 Å². The third kappa shape index (κ3) is 3.80. The number of unbranched alkanes of at least 4 members (excludes halogenated alkanes) is 1. The molecule has 7 nitrogen and oxygen atoms in total. The largest absolute Gasteiger partial charge is 0.460 e. The van der Waals surface area contributed by atoms with Gasteiger partial charge < -0.3 is 15.5 Å². The Labute approximate surface area is 134 Å². The maximum atomic E-state index is 12.2. The Morgan fingerprint density at radius 1 is 1.48 bits per heavy atom. The van der Waals surface area contributed by atoms with Crippen LogP contribution in [0.3, 0.4) is 0 Å². The van der Waals surface area contributed by atoms with Crippen molar-refractivity contribution >= 4 is 11.6 Å². The van der Waals surface area contributed by atoms with Crippen molar-refractivity contribution in [2.45, 2.75) is 39.7 Å². The van der Waals surface area contributed by atoms with Crippen molar-refractivity contribution in [3.8, 4) is 11.5 Å². The van der Waals surface area contributed by atoms with E-state index in [0.29, 0.717) is 18.0 Å². The SMILES string of the molecule is CCCCNC(=O)C(C)n1nc(-c2ccc(C)o2)cc(N)c1=O. The van der Waals surface area contributed by atoms with E-state index in [-0.39, 0.29) is 11.6 Å². The number of aryl methyl sites for hydroxylation is 1. The molecule has 1 unspecified atom stereocenters. The number of nitrogens with zero attached hydrogens (tertiary/aromatic N) is 2. The van der Waals surface area contributed by atoms with Crippen molar-refractivity contribution in [2.24, 2.45) is 0 Å². The molecule has 0 spiro atoms. The number of amides is 1. The Balaban J connectivity index is 2.32. The summed E-state index contributed by atoms with van der Waals surface area (Å²) in [6.45, 7) is 6.04. The molecule has 7 heteroatoms. The summed E-state index contributed by atoms with van der Waals surface area (Å²) in [7, 11) is 0. The molecule has 124 valence electrons. The first-order valence-corrected chi connectivity index (χ1v) is 7.68. The van der Waals surface area contributed by atoms with E-state index in [4.69, 9.17) is 10.2 Å². The molecule has 2 rings (SSSR count). The average molecular weight is 318 g/mol. The van der Waals surface area contributed by atoms with Gasteiger partial charge in [-0.15, -0.1) is 0 Å². The fourth-order valence-corrected chi connectivity index (χ4v) is 2.13. The third-order valence-electron chi connectivity index (χ3n) is 3.53. The number of carbonyl (C=O) groups excluding carboxylic acids is 1. The average Bonchev–Trinajstić information content (AvgIpc) is 2.96. The van der Waals surface area contributed by atoms with Crippen LogP contribution in [0.15, 0.2) is 27.4 Å². The quantitative estimate of drug-likeness (QED) is 0.791. The maximum absolute atomic E-state index is 12.2. The summed E-state index contributed by atoms with van der Waals surface area (Å²) in [5, 5.41) is 7.02. The highest BCUT2D eigenvalue weighted by molar-refractivity contribution is 5.79. The fraction of sp³-hybridized carbons (Fsp3) is 0.438. The van der Waals surface area contributed by atoms with Gasteiger partial charge >= 0.3 is 0 Å². The minimum absolute atomic E-state index is 0.0252. The van der Waals surface area contributed by atoms with E-state index in [0.717, 1.165) is 23.3 Å². The van der Waals surface area contributed by atoms with Gasteiger partial charge in [0.2, 0.25) is 5.91 Å². The number of anilines is 1. The van der Waals surface area contributed by atoms with Crippen LogP contribution in [0.1, 0.15) is 38.5 Å². The van der Waals surface area contributed by atoms with Crippen LogP contribution in [0.5, 0.6) is 0 Å². The van der Waals surface area contributed by atoms with Gasteiger partial charge in [-0.25, -0.2) is 4.68 Å². The zero-order valence-corrected chi connectivity index (χ0v) is 13.6. The first-order chi connectivity index (χ1) is 10.9. The topological polar surface area (TPSA) is 103 Å². The van der Waals surface area contributed by atoms with Gasteiger partial charge in [0, 0.05) is 6.54 Å². The molecule has 0 aliphatic heterocycles. The normalized spacial score (nSPS) is 12.1. The Morgan fingerprint density at radius 2 is 2.22 bits per heavy atom. The molecule has 0 bridgehead atoms. The molecule has 1 atom stereocenters. The Kier molecular flexibility index (Phi) is 5.20. The smallest absolute Gasteiger partial charge is 0.290 e.